The Morgan fingerprint density at radius 1 is 1.60 bits per heavy atom. The highest BCUT2D eigenvalue weighted by atomic mass is 15.5. The highest BCUT2D eigenvalue weighted by Gasteiger charge is 2.19. The molecule has 0 fully saturated rings. The van der Waals surface area contributed by atoms with Crippen LogP contribution in [-0.2, 0) is 0 Å². The van der Waals surface area contributed by atoms with Crippen LogP contribution < -0.4 is 0 Å². The van der Waals surface area contributed by atoms with Gasteiger partial charge in [-0.25, -0.2) is 0 Å². The van der Waals surface area contributed by atoms with Gasteiger partial charge in [0.05, 0.1) is 6.04 Å². The SMILES string of the molecule is CCC1=NN(C)C(CC)C1. The minimum atomic E-state index is 0.676. The van der Waals surface area contributed by atoms with Crippen molar-refractivity contribution in [2.24, 2.45) is 5.10 Å². The van der Waals surface area contributed by atoms with Crippen molar-refractivity contribution in [3.05, 3.63) is 0 Å². The van der Waals surface area contributed by atoms with Crippen molar-refractivity contribution in [2.45, 2.75) is 39.2 Å². The van der Waals surface area contributed by atoms with Gasteiger partial charge in [0.2, 0.25) is 0 Å². The maximum absolute atomic E-state index is 4.41. The van der Waals surface area contributed by atoms with E-state index in [1.54, 1.807) is 0 Å². The fraction of sp³-hybridized carbons (Fsp3) is 0.875. The Hall–Kier alpha value is -0.530. The quantitative estimate of drug-likeness (QED) is 0.571. The first-order valence-corrected chi connectivity index (χ1v) is 4.07. The van der Waals surface area contributed by atoms with E-state index in [4.69, 9.17) is 0 Å². The summed E-state index contributed by atoms with van der Waals surface area (Å²) in [6.45, 7) is 4.39. The number of hydrazone groups is 1. The van der Waals surface area contributed by atoms with E-state index >= 15 is 0 Å². The van der Waals surface area contributed by atoms with Crippen LogP contribution in [0, 0.1) is 0 Å². The van der Waals surface area contributed by atoms with Crippen LogP contribution in [0.15, 0.2) is 5.10 Å². The Kier molecular flexibility index (Phi) is 2.30. The molecule has 10 heavy (non-hydrogen) atoms. The molecule has 0 aromatic carbocycles. The monoisotopic (exact) mass is 140 g/mol. The summed E-state index contributed by atoms with van der Waals surface area (Å²) in [5.41, 5.74) is 1.36. The van der Waals surface area contributed by atoms with Crippen LogP contribution in [0.25, 0.3) is 0 Å². The van der Waals surface area contributed by atoms with Crippen molar-refractivity contribution in [3.8, 4) is 0 Å². The maximum Gasteiger partial charge on any atom is 0.0517 e. The average molecular weight is 140 g/mol. The Morgan fingerprint density at radius 3 is 2.60 bits per heavy atom. The molecule has 1 atom stereocenters. The normalized spacial score (nSPS) is 25.3. The minimum absolute atomic E-state index is 0.676. The lowest BCUT2D eigenvalue weighted by Gasteiger charge is -2.15. The van der Waals surface area contributed by atoms with Gasteiger partial charge in [-0.3, -0.25) is 5.01 Å². The Morgan fingerprint density at radius 2 is 2.30 bits per heavy atom. The van der Waals surface area contributed by atoms with Crippen LogP contribution in [0.5, 0.6) is 0 Å². The van der Waals surface area contributed by atoms with Gasteiger partial charge >= 0.3 is 0 Å². The third-order valence-corrected chi connectivity index (χ3v) is 2.18. The molecule has 1 aliphatic rings. The molecule has 1 rings (SSSR count). The zero-order valence-corrected chi connectivity index (χ0v) is 7.09. The molecule has 0 amide bonds. The molecule has 0 aromatic rings. The topological polar surface area (TPSA) is 15.6 Å². The van der Waals surface area contributed by atoms with E-state index in [1.165, 1.54) is 18.6 Å². The Balaban J connectivity index is 2.49. The molecular weight excluding hydrogens is 124 g/mol. The van der Waals surface area contributed by atoms with Gasteiger partial charge in [-0.1, -0.05) is 13.8 Å². The zero-order valence-electron chi connectivity index (χ0n) is 7.09. The third kappa shape index (κ3) is 1.31. The molecule has 1 aliphatic heterocycles. The van der Waals surface area contributed by atoms with Gasteiger partial charge < -0.3 is 0 Å². The third-order valence-electron chi connectivity index (χ3n) is 2.18. The minimum Gasteiger partial charge on any atom is -0.297 e. The van der Waals surface area contributed by atoms with Gasteiger partial charge in [-0.15, -0.1) is 0 Å². The van der Waals surface area contributed by atoms with Crippen LogP contribution in [0.3, 0.4) is 0 Å². The Labute approximate surface area is 62.9 Å². The van der Waals surface area contributed by atoms with Gasteiger partial charge in [0, 0.05) is 19.2 Å². The summed E-state index contributed by atoms with van der Waals surface area (Å²) in [5, 5.41) is 6.51. The van der Waals surface area contributed by atoms with E-state index in [9.17, 15) is 0 Å². The molecule has 58 valence electrons. The molecule has 0 saturated carbocycles. The summed E-state index contributed by atoms with van der Waals surface area (Å²) in [4.78, 5) is 0. The second-order valence-electron chi connectivity index (χ2n) is 2.86. The number of nitrogens with zero attached hydrogens (tertiary/aromatic N) is 2. The average Bonchev–Trinajstić information content (AvgIpc) is 2.30. The van der Waals surface area contributed by atoms with E-state index < -0.39 is 0 Å². The lowest BCUT2D eigenvalue weighted by atomic mass is 10.1. The molecule has 0 N–H and O–H groups in total. The first-order valence-electron chi connectivity index (χ1n) is 4.07. The lowest BCUT2D eigenvalue weighted by molar-refractivity contribution is 0.278. The van der Waals surface area contributed by atoms with Gasteiger partial charge in [-0.2, -0.15) is 5.10 Å². The maximum atomic E-state index is 4.41. The first-order chi connectivity index (χ1) is 4.77. The molecule has 0 bridgehead atoms. The van der Waals surface area contributed by atoms with Crippen molar-refractivity contribution in [3.63, 3.8) is 0 Å². The molecule has 2 nitrogen and oxygen atoms in total. The molecule has 0 radical (unpaired) electrons. The summed E-state index contributed by atoms with van der Waals surface area (Å²) >= 11 is 0. The highest BCUT2D eigenvalue weighted by Crippen LogP contribution is 2.16. The largest absolute Gasteiger partial charge is 0.297 e. The van der Waals surface area contributed by atoms with E-state index in [1.807, 2.05) is 0 Å². The van der Waals surface area contributed by atoms with Gasteiger partial charge in [0.25, 0.3) is 0 Å². The van der Waals surface area contributed by atoms with Crippen molar-refractivity contribution < 1.29 is 0 Å². The smallest absolute Gasteiger partial charge is 0.0517 e. The molecule has 0 aromatic heterocycles. The fourth-order valence-corrected chi connectivity index (χ4v) is 1.37. The summed E-state index contributed by atoms with van der Waals surface area (Å²) in [6, 6.07) is 0.676. The predicted molar refractivity (Wildman–Crippen MR) is 44.2 cm³/mol. The first kappa shape index (κ1) is 7.58. The lowest BCUT2D eigenvalue weighted by Crippen LogP contribution is -2.20. The van der Waals surface area contributed by atoms with Crippen LogP contribution in [0.1, 0.15) is 33.1 Å². The van der Waals surface area contributed by atoms with Gasteiger partial charge in [0.1, 0.15) is 0 Å². The number of hydrogen-bond donors (Lipinski definition) is 0. The van der Waals surface area contributed by atoms with Crippen molar-refractivity contribution >= 4 is 5.71 Å². The van der Waals surface area contributed by atoms with E-state index in [0.29, 0.717) is 6.04 Å². The van der Waals surface area contributed by atoms with Gasteiger partial charge in [-0.05, 0) is 12.8 Å². The molecule has 1 heterocycles. The van der Waals surface area contributed by atoms with E-state index in [-0.39, 0.29) is 0 Å². The zero-order chi connectivity index (χ0) is 7.56. The second-order valence-corrected chi connectivity index (χ2v) is 2.86. The molecule has 1 unspecified atom stereocenters. The highest BCUT2D eigenvalue weighted by molar-refractivity contribution is 5.85. The standard InChI is InChI=1S/C8H16N2/c1-4-7-6-8(5-2)10(3)9-7/h8H,4-6H2,1-3H3. The van der Waals surface area contributed by atoms with Crippen LogP contribution in [0.2, 0.25) is 0 Å². The van der Waals surface area contributed by atoms with Crippen LogP contribution >= 0.6 is 0 Å². The summed E-state index contributed by atoms with van der Waals surface area (Å²) in [6.07, 6.45) is 3.51. The second kappa shape index (κ2) is 3.04. The number of rotatable bonds is 2. The molecule has 2 heteroatoms. The molecular formula is C8H16N2. The Bertz CT molecular complexity index is 140. The van der Waals surface area contributed by atoms with Crippen molar-refractivity contribution in [1.82, 2.24) is 5.01 Å². The summed E-state index contributed by atoms with van der Waals surface area (Å²) < 4.78 is 0. The van der Waals surface area contributed by atoms with Gasteiger partial charge in [0.15, 0.2) is 0 Å². The van der Waals surface area contributed by atoms with Crippen molar-refractivity contribution in [2.75, 3.05) is 7.05 Å². The van der Waals surface area contributed by atoms with Crippen LogP contribution in [-0.4, -0.2) is 23.8 Å². The molecule has 0 spiro atoms. The molecule has 0 saturated heterocycles. The summed E-state index contributed by atoms with van der Waals surface area (Å²) in [7, 11) is 2.07. The molecule has 0 aliphatic carbocycles. The van der Waals surface area contributed by atoms with E-state index in [2.05, 4.69) is 31.0 Å². The summed E-state index contributed by atoms with van der Waals surface area (Å²) in [5.74, 6) is 0. The fourth-order valence-electron chi connectivity index (χ4n) is 1.37. The number of hydrogen-bond acceptors (Lipinski definition) is 2. The predicted octanol–water partition coefficient (Wildman–Crippen LogP) is 1.87. The van der Waals surface area contributed by atoms with Crippen LogP contribution in [0.4, 0.5) is 0 Å². The van der Waals surface area contributed by atoms with Crippen molar-refractivity contribution in [1.29, 1.82) is 0 Å². The van der Waals surface area contributed by atoms with E-state index in [0.717, 1.165) is 6.42 Å².